The molecule has 0 saturated carbocycles. The van der Waals surface area contributed by atoms with Gasteiger partial charge in [-0.15, -0.1) is 0 Å². The Bertz CT molecular complexity index is 240. The van der Waals surface area contributed by atoms with Crippen molar-refractivity contribution in [2.75, 3.05) is 6.61 Å². The molecular weight excluding hydrogens is 238 g/mol. The highest BCUT2D eigenvalue weighted by Gasteiger charge is 2.01. The van der Waals surface area contributed by atoms with Crippen molar-refractivity contribution in [1.82, 2.24) is 5.16 Å². The molecular formula is C8H12BrNO3. The maximum absolute atomic E-state index is 9.18. The highest BCUT2D eigenvalue weighted by atomic mass is 79.9. The lowest BCUT2D eigenvalue weighted by Crippen LogP contribution is -1.80. The van der Waals surface area contributed by atoms with Crippen molar-refractivity contribution in [1.29, 1.82) is 0 Å². The van der Waals surface area contributed by atoms with Gasteiger partial charge in [0.05, 0.1) is 12.3 Å². The van der Waals surface area contributed by atoms with Crippen molar-refractivity contribution in [3.05, 3.63) is 15.9 Å². The molecule has 0 aliphatic carbocycles. The first kappa shape index (κ1) is 12.2. The number of halogens is 1. The molecule has 1 aromatic heterocycles. The van der Waals surface area contributed by atoms with Crippen molar-refractivity contribution in [3.8, 4) is 0 Å². The molecule has 1 rings (SSSR count). The summed E-state index contributed by atoms with van der Waals surface area (Å²) in [5, 5.41) is 3.69. The zero-order valence-corrected chi connectivity index (χ0v) is 9.42. The third-order valence-electron chi connectivity index (χ3n) is 1.33. The van der Waals surface area contributed by atoms with Gasteiger partial charge in [-0.1, -0.05) is 5.16 Å². The van der Waals surface area contributed by atoms with E-state index in [1.807, 2.05) is 13.8 Å². The molecule has 0 atom stereocenters. The number of carbonyl (C=O) groups excluding carboxylic acids is 1. The SMILES string of the molecule is CCOC=O.Cc1noc(Br)c1C. The topological polar surface area (TPSA) is 52.3 Å². The van der Waals surface area contributed by atoms with Crippen LogP contribution < -0.4 is 0 Å². The monoisotopic (exact) mass is 249 g/mol. The van der Waals surface area contributed by atoms with E-state index < -0.39 is 0 Å². The molecule has 0 fully saturated rings. The average Bonchev–Trinajstić information content (AvgIpc) is 2.39. The van der Waals surface area contributed by atoms with Crippen molar-refractivity contribution in [3.63, 3.8) is 0 Å². The minimum absolute atomic E-state index is 0.431. The molecule has 0 spiro atoms. The average molecular weight is 250 g/mol. The number of aryl methyl sites for hydroxylation is 1. The summed E-state index contributed by atoms with van der Waals surface area (Å²) >= 11 is 3.19. The number of nitrogens with zero attached hydrogens (tertiary/aromatic N) is 1. The molecule has 0 bridgehead atoms. The van der Waals surface area contributed by atoms with Crippen LogP contribution in [0.15, 0.2) is 9.19 Å². The summed E-state index contributed by atoms with van der Waals surface area (Å²) in [7, 11) is 0. The Balaban J connectivity index is 0.000000252. The summed E-state index contributed by atoms with van der Waals surface area (Å²) in [4.78, 5) is 9.18. The Morgan fingerprint density at radius 2 is 2.23 bits per heavy atom. The third-order valence-corrected chi connectivity index (χ3v) is 2.07. The molecule has 0 radical (unpaired) electrons. The number of carbonyl (C=O) groups is 1. The van der Waals surface area contributed by atoms with E-state index in [-0.39, 0.29) is 0 Å². The third kappa shape index (κ3) is 4.67. The van der Waals surface area contributed by atoms with Gasteiger partial charge in [0.2, 0.25) is 4.67 Å². The lowest BCUT2D eigenvalue weighted by atomic mass is 10.3. The molecule has 1 heterocycles. The van der Waals surface area contributed by atoms with Gasteiger partial charge >= 0.3 is 0 Å². The van der Waals surface area contributed by atoms with Crippen LogP contribution >= 0.6 is 15.9 Å². The molecule has 0 aromatic carbocycles. The normalized spacial score (nSPS) is 8.62. The van der Waals surface area contributed by atoms with Gasteiger partial charge in [-0.2, -0.15) is 0 Å². The molecule has 0 amide bonds. The maximum atomic E-state index is 9.18. The van der Waals surface area contributed by atoms with Gasteiger partial charge in [0.25, 0.3) is 6.47 Å². The standard InChI is InChI=1S/C5H6BrNO.C3H6O2/c1-3-4(2)7-8-5(3)6;1-2-5-3-4/h1-2H3;3H,2H2,1H3. The zero-order chi connectivity index (χ0) is 10.3. The van der Waals surface area contributed by atoms with Gasteiger partial charge in [0, 0.05) is 5.56 Å². The van der Waals surface area contributed by atoms with E-state index in [4.69, 9.17) is 4.52 Å². The number of hydrogen-bond acceptors (Lipinski definition) is 4. The van der Waals surface area contributed by atoms with Crippen LogP contribution in [-0.2, 0) is 9.53 Å². The first-order valence-corrected chi connectivity index (χ1v) is 4.56. The van der Waals surface area contributed by atoms with E-state index in [2.05, 4.69) is 25.8 Å². The molecule has 1 aromatic rings. The van der Waals surface area contributed by atoms with Crippen molar-refractivity contribution < 1.29 is 14.1 Å². The minimum atomic E-state index is 0.431. The molecule has 74 valence electrons. The van der Waals surface area contributed by atoms with E-state index in [1.54, 1.807) is 6.92 Å². The van der Waals surface area contributed by atoms with Gasteiger partial charge in [0.15, 0.2) is 0 Å². The van der Waals surface area contributed by atoms with E-state index in [0.29, 0.717) is 13.1 Å². The first-order chi connectivity index (χ1) is 6.13. The number of rotatable bonds is 2. The lowest BCUT2D eigenvalue weighted by molar-refractivity contribution is -0.128. The Morgan fingerprint density at radius 1 is 1.62 bits per heavy atom. The fourth-order valence-electron chi connectivity index (χ4n) is 0.456. The fourth-order valence-corrected chi connectivity index (χ4v) is 0.815. The zero-order valence-electron chi connectivity index (χ0n) is 7.83. The Labute approximate surface area is 85.4 Å². The summed E-state index contributed by atoms with van der Waals surface area (Å²) in [5.74, 6) is 0. The summed E-state index contributed by atoms with van der Waals surface area (Å²) in [5.41, 5.74) is 2.02. The van der Waals surface area contributed by atoms with Crippen molar-refractivity contribution >= 4 is 22.4 Å². The highest BCUT2D eigenvalue weighted by molar-refractivity contribution is 9.10. The van der Waals surface area contributed by atoms with Crippen LogP contribution in [0.4, 0.5) is 0 Å². The van der Waals surface area contributed by atoms with Crippen LogP contribution in [0.2, 0.25) is 0 Å². The summed E-state index contributed by atoms with van der Waals surface area (Å²) in [6.45, 7) is 6.53. The molecule has 13 heavy (non-hydrogen) atoms. The van der Waals surface area contributed by atoms with Gasteiger partial charge in [-0.3, -0.25) is 4.79 Å². The van der Waals surface area contributed by atoms with E-state index in [1.165, 1.54) is 0 Å². The van der Waals surface area contributed by atoms with Crippen LogP contribution in [-0.4, -0.2) is 18.2 Å². The number of ether oxygens (including phenoxy) is 1. The van der Waals surface area contributed by atoms with E-state index in [9.17, 15) is 4.79 Å². The van der Waals surface area contributed by atoms with Gasteiger partial charge in [-0.25, -0.2) is 0 Å². The number of aromatic nitrogens is 1. The Morgan fingerprint density at radius 3 is 2.31 bits per heavy atom. The van der Waals surface area contributed by atoms with Crippen molar-refractivity contribution in [2.45, 2.75) is 20.8 Å². The van der Waals surface area contributed by atoms with Crippen LogP contribution in [0.5, 0.6) is 0 Å². The second-order valence-electron chi connectivity index (χ2n) is 2.22. The molecule has 4 nitrogen and oxygen atoms in total. The highest BCUT2D eigenvalue weighted by Crippen LogP contribution is 2.17. The van der Waals surface area contributed by atoms with Gasteiger partial charge < -0.3 is 9.26 Å². The van der Waals surface area contributed by atoms with Gasteiger partial charge in [0.1, 0.15) is 0 Å². The van der Waals surface area contributed by atoms with Crippen LogP contribution in [0.3, 0.4) is 0 Å². The predicted molar refractivity (Wildman–Crippen MR) is 51.4 cm³/mol. The molecule has 0 saturated heterocycles. The Hall–Kier alpha value is -0.840. The van der Waals surface area contributed by atoms with E-state index >= 15 is 0 Å². The van der Waals surface area contributed by atoms with Gasteiger partial charge in [-0.05, 0) is 36.7 Å². The summed E-state index contributed by atoms with van der Waals surface area (Å²) in [6.07, 6.45) is 0. The smallest absolute Gasteiger partial charge is 0.293 e. The first-order valence-electron chi connectivity index (χ1n) is 3.77. The second kappa shape index (κ2) is 6.65. The van der Waals surface area contributed by atoms with Crippen LogP contribution in [0.25, 0.3) is 0 Å². The number of hydrogen-bond donors (Lipinski definition) is 0. The van der Waals surface area contributed by atoms with Crippen LogP contribution in [0.1, 0.15) is 18.2 Å². The van der Waals surface area contributed by atoms with Crippen LogP contribution in [0, 0.1) is 13.8 Å². The molecule has 0 N–H and O–H groups in total. The maximum Gasteiger partial charge on any atom is 0.293 e. The van der Waals surface area contributed by atoms with Crippen molar-refractivity contribution in [2.24, 2.45) is 0 Å². The Kier molecular flexibility index (Phi) is 6.22. The lowest BCUT2D eigenvalue weighted by Gasteiger charge is -1.79. The summed E-state index contributed by atoms with van der Waals surface area (Å²) in [6, 6.07) is 0. The quantitative estimate of drug-likeness (QED) is 0.755. The van der Waals surface area contributed by atoms with E-state index in [0.717, 1.165) is 15.9 Å². The molecule has 0 aliphatic rings. The molecule has 5 heteroatoms. The predicted octanol–water partition coefficient (Wildman–Crippen LogP) is 2.23. The minimum Gasteiger partial charge on any atom is -0.468 e. The molecule has 0 aliphatic heterocycles. The summed E-state index contributed by atoms with van der Waals surface area (Å²) < 4.78 is 9.65. The molecule has 0 unspecified atom stereocenters. The second-order valence-corrected chi connectivity index (χ2v) is 2.94. The largest absolute Gasteiger partial charge is 0.468 e. The fraction of sp³-hybridized carbons (Fsp3) is 0.500.